The molecule has 3 aromatic rings. The van der Waals surface area contributed by atoms with E-state index in [9.17, 15) is 14.4 Å². The van der Waals surface area contributed by atoms with Gasteiger partial charge in [0.15, 0.2) is 11.2 Å². The van der Waals surface area contributed by atoms with Gasteiger partial charge in [-0.1, -0.05) is 44.2 Å². The third-order valence-electron chi connectivity index (χ3n) is 4.48. The number of aromatic nitrogens is 4. The van der Waals surface area contributed by atoms with Crippen LogP contribution in [0.2, 0.25) is 0 Å². The maximum atomic E-state index is 13.2. The lowest BCUT2D eigenvalue weighted by Crippen LogP contribution is -2.45. The molecule has 2 aromatic heterocycles. The van der Waals surface area contributed by atoms with E-state index in [1.54, 1.807) is 10.9 Å². The zero-order valence-electron chi connectivity index (χ0n) is 17.3. The van der Waals surface area contributed by atoms with Gasteiger partial charge in [0.25, 0.3) is 5.56 Å². The summed E-state index contributed by atoms with van der Waals surface area (Å²) in [5, 5.41) is 2.73. The number of rotatable bonds is 7. The molecule has 0 spiro atoms. The molecule has 3 rings (SSSR count). The van der Waals surface area contributed by atoms with Gasteiger partial charge in [0.05, 0.1) is 12.9 Å². The molecule has 2 heterocycles. The molecule has 0 aliphatic heterocycles. The molecule has 1 N–H and O–H groups in total. The summed E-state index contributed by atoms with van der Waals surface area (Å²) < 4.78 is 4.23. The zero-order chi connectivity index (χ0) is 21.1. The van der Waals surface area contributed by atoms with Gasteiger partial charge in [-0.15, -0.1) is 0 Å². The van der Waals surface area contributed by atoms with E-state index in [-0.39, 0.29) is 25.0 Å². The minimum absolute atomic E-state index is 0.0834. The van der Waals surface area contributed by atoms with E-state index in [1.165, 1.54) is 4.57 Å². The van der Waals surface area contributed by atoms with Crippen molar-refractivity contribution in [1.29, 1.82) is 0 Å². The van der Waals surface area contributed by atoms with Crippen molar-refractivity contribution in [3.05, 3.63) is 63.1 Å². The second-order valence-electron chi connectivity index (χ2n) is 7.93. The first kappa shape index (κ1) is 20.6. The fraction of sp³-hybridized carbons (Fsp3) is 0.429. The average Bonchev–Trinajstić information content (AvgIpc) is 3.05. The van der Waals surface area contributed by atoms with Gasteiger partial charge < -0.3 is 9.88 Å². The average molecular weight is 397 g/mol. The number of fused-ring (bicyclic) bond motifs is 1. The molecule has 8 heteroatoms. The van der Waals surface area contributed by atoms with Crippen LogP contribution in [0.1, 0.15) is 33.3 Å². The van der Waals surface area contributed by atoms with E-state index in [2.05, 4.69) is 10.3 Å². The number of nitrogens with zero attached hydrogens (tertiary/aromatic N) is 4. The van der Waals surface area contributed by atoms with Crippen molar-refractivity contribution in [2.24, 2.45) is 5.92 Å². The molecule has 1 aromatic carbocycles. The topological polar surface area (TPSA) is 90.9 Å². The minimum atomic E-state index is -0.542. The Bertz CT molecular complexity index is 1120. The van der Waals surface area contributed by atoms with Crippen LogP contribution >= 0.6 is 0 Å². The summed E-state index contributed by atoms with van der Waals surface area (Å²) in [4.78, 5) is 43.0. The van der Waals surface area contributed by atoms with E-state index in [1.807, 2.05) is 58.0 Å². The maximum absolute atomic E-state index is 13.2. The summed E-state index contributed by atoms with van der Waals surface area (Å²) in [5.41, 5.74) is 0.550. The Morgan fingerprint density at radius 2 is 1.76 bits per heavy atom. The van der Waals surface area contributed by atoms with Crippen molar-refractivity contribution in [3.8, 4) is 0 Å². The molecular formula is C21H27N5O3. The van der Waals surface area contributed by atoms with Crippen molar-refractivity contribution in [3.63, 3.8) is 0 Å². The second kappa shape index (κ2) is 8.46. The second-order valence-corrected chi connectivity index (χ2v) is 7.93. The molecule has 0 aliphatic carbocycles. The van der Waals surface area contributed by atoms with Crippen LogP contribution < -0.4 is 16.6 Å². The summed E-state index contributed by atoms with van der Waals surface area (Å²) in [5.74, 6) is -0.0845. The third-order valence-corrected chi connectivity index (χ3v) is 4.48. The lowest BCUT2D eigenvalue weighted by molar-refractivity contribution is -0.122. The third kappa shape index (κ3) is 4.47. The molecule has 154 valence electrons. The van der Waals surface area contributed by atoms with Crippen LogP contribution in [0.15, 0.2) is 46.2 Å². The van der Waals surface area contributed by atoms with Gasteiger partial charge in [-0.3, -0.25) is 14.2 Å². The first-order valence-electron chi connectivity index (χ1n) is 9.79. The molecule has 0 aliphatic rings. The van der Waals surface area contributed by atoms with Crippen LogP contribution in [0.3, 0.4) is 0 Å². The van der Waals surface area contributed by atoms with Crippen LogP contribution in [-0.4, -0.2) is 30.6 Å². The first-order chi connectivity index (χ1) is 13.8. The Hall–Kier alpha value is -3.16. The van der Waals surface area contributed by atoms with Crippen molar-refractivity contribution in [1.82, 2.24) is 24.0 Å². The van der Waals surface area contributed by atoms with E-state index in [4.69, 9.17) is 0 Å². The van der Waals surface area contributed by atoms with E-state index >= 15 is 0 Å². The van der Waals surface area contributed by atoms with E-state index in [0.29, 0.717) is 23.6 Å². The van der Waals surface area contributed by atoms with Crippen LogP contribution in [0, 0.1) is 5.92 Å². The molecule has 29 heavy (non-hydrogen) atoms. The number of nitrogens with one attached hydrogen (secondary N) is 1. The fourth-order valence-electron chi connectivity index (χ4n) is 3.33. The van der Waals surface area contributed by atoms with Crippen molar-refractivity contribution in [2.75, 3.05) is 0 Å². The molecular weight excluding hydrogens is 370 g/mol. The predicted molar refractivity (Wildman–Crippen MR) is 112 cm³/mol. The van der Waals surface area contributed by atoms with Gasteiger partial charge in [0, 0.05) is 12.6 Å². The van der Waals surface area contributed by atoms with E-state index < -0.39 is 11.2 Å². The normalized spacial score (nSPS) is 11.5. The molecule has 0 unspecified atom stereocenters. The maximum Gasteiger partial charge on any atom is 0.333 e. The smallest absolute Gasteiger partial charge is 0.333 e. The Morgan fingerprint density at radius 1 is 1.07 bits per heavy atom. The molecule has 0 bridgehead atoms. The lowest BCUT2D eigenvalue weighted by atomic mass is 10.2. The van der Waals surface area contributed by atoms with Crippen molar-refractivity contribution < 1.29 is 4.79 Å². The number of benzene rings is 1. The number of carbonyl (C=O) groups is 1. The molecule has 0 saturated carbocycles. The van der Waals surface area contributed by atoms with E-state index in [0.717, 1.165) is 10.1 Å². The molecule has 0 radical (unpaired) electrons. The molecule has 0 fully saturated rings. The number of hydrogen-bond acceptors (Lipinski definition) is 4. The summed E-state index contributed by atoms with van der Waals surface area (Å²) in [6.45, 7) is 8.27. The zero-order valence-corrected chi connectivity index (χ0v) is 17.3. The Balaban J connectivity index is 2.19. The van der Waals surface area contributed by atoms with Crippen molar-refractivity contribution in [2.45, 2.75) is 53.4 Å². The number of imidazole rings is 1. The predicted octanol–water partition coefficient (Wildman–Crippen LogP) is 1.59. The summed E-state index contributed by atoms with van der Waals surface area (Å²) in [6.07, 6.45) is 1.59. The fourth-order valence-corrected chi connectivity index (χ4v) is 3.33. The molecule has 1 amide bonds. The summed E-state index contributed by atoms with van der Waals surface area (Å²) in [7, 11) is 0. The number of carbonyl (C=O) groups excluding carboxylic acids is 1. The van der Waals surface area contributed by atoms with Gasteiger partial charge in [-0.25, -0.2) is 14.3 Å². The monoisotopic (exact) mass is 397 g/mol. The van der Waals surface area contributed by atoms with Gasteiger partial charge in [0.2, 0.25) is 5.91 Å². The highest BCUT2D eigenvalue weighted by molar-refractivity contribution is 5.76. The standard InChI is InChI=1S/C21H27N5O3/c1-14(2)10-24-13-22-19-18(24)20(28)26(12-17(27)23-15(3)4)21(29)25(19)11-16-8-6-5-7-9-16/h5-9,13-15H,10-12H2,1-4H3,(H,23,27). The van der Waals surface area contributed by atoms with Crippen molar-refractivity contribution >= 4 is 17.1 Å². The lowest BCUT2D eigenvalue weighted by Gasteiger charge is -2.14. The Morgan fingerprint density at radius 3 is 2.38 bits per heavy atom. The van der Waals surface area contributed by atoms with Crippen LogP contribution in [0.4, 0.5) is 0 Å². The van der Waals surface area contributed by atoms with Crippen LogP contribution in [-0.2, 0) is 24.4 Å². The molecule has 0 saturated heterocycles. The Labute approximate surface area is 168 Å². The number of amides is 1. The first-order valence-corrected chi connectivity index (χ1v) is 9.79. The summed E-state index contributed by atoms with van der Waals surface area (Å²) in [6, 6.07) is 9.41. The van der Waals surface area contributed by atoms with Crippen LogP contribution in [0.25, 0.3) is 11.2 Å². The summed E-state index contributed by atoms with van der Waals surface area (Å²) >= 11 is 0. The molecule has 8 nitrogen and oxygen atoms in total. The quantitative estimate of drug-likeness (QED) is 0.655. The van der Waals surface area contributed by atoms with Gasteiger partial charge in [-0.2, -0.15) is 0 Å². The van der Waals surface area contributed by atoms with Crippen LogP contribution in [0.5, 0.6) is 0 Å². The van der Waals surface area contributed by atoms with Gasteiger partial charge in [-0.05, 0) is 25.3 Å². The SMILES string of the molecule is CC(C)Cn1cnc2c1c(=O)n(CC(=O)NC(C)C)c(=O)n2Cc1ccccc1. The highest BCUT2D eigenvalue weighted by Crippen LogP contribution is 2.11. The minimum Gasteiger partial charge on any atom is -0.352 e. The molecule has 0 atom stereocenters. The highest BCUT2D eigenvalue weighted by Gasteiger charge is 2.20. The van der Waals surface area contributed by atoms with Gasteiger partial charge in [0.1, 0.15) is 6.54 Å². The largest absolute Gasteiger partial charge is 0.352 e. The van der Waals surface area contributed by atoms with Gasteiger partial charge >= 0.3 is 5.69 Å². The number of hydrogen-bond donors (Lipinski definition) is 1. The highest BCUT2D eigenvalue weighted by atomic mass is 16.2. The Kier molecular flexibility index (Phi) is 6.00.